The van der Waals surface area contributed by atoms with Gasteiger partial charge in [-0.2, -0.15) is 0 Å². The first-order valence-electron chi connectivity index (χ1n) is 8.28. The number of carbonyl (C=O) groups is 4. The standard InChI is InChI=1S/C17H20N4O4.CH4/c1-2-18-17(25)19-8-10-4-3-5-11-12(10)9-21(16(11)24)13-6-7-14(22)20-15(13)23;/h3-5,13H,2,6-9H2,1H3,(H2,18,19,25)(H,20,22,23);1H4. The van der Waals surface area contributed by atoms with Gasteiger partial charge >= 0.3 is 6.03 Å². The number of piperidine rings is 1. The number of fused-ring (bicyclic) bond motifs is 1. The van der Waals surface area contributed by atoms with Crippen molar-refractivity contribution in [3.05, 3.63) is 34.9 Å². The first-order chi connectivity index (χ1) is 12.0. The molecule has 1 saturated heterocycles. The van der Waals surface area contributed by atoms with Gasteiger partial charge in [0.2, 0.25) is 11.8 Å². The topological polar surface area (TPSA) is 108 Å². The molecule has 0 bridgehead atoms. The number of benzene rings is 1. The average molecular weight is 360 g/mol. The van der Waals surface area contributed by atoms with Gasteiger partial charge in [-0.25, -0.2) is 4.79 Å². The summed E-state index contributed by atoms with van der Waals surface area (Å²) >= 11 is 0. The van der Waals surface area contributed by atoms with Crippen LogP contribution in [0.5, 0.6) is 0 Å². The largest absolute Gasteiger partial charge is 0.338 e. The van der Waals surface area contributed by atoms with Crippen molar-refractivity contribution in [1.29, 1.82) is 0 Å². The molecule has 2 aliphatic rings. The van der Waals surface area contributed by atoms with Gasteiger partial charge in [0.25, 0.3) is 5.91 Å². The van der Waals surface area contributed by atoms with E-state index in [1.165, 1.54) is 4.90 Å². The molecule has 1 unspecified atom stereocenters. The summed E-state index contributed by atoms with van der Waals surface area (Å²) in [5.74, 6) is -0.957. The quantitative estimate of drug-likeness (QED) is 0.694. The highest BCUT2D eigenvalue weighted by molar-refractivity contribution is 6.05. The minimum atomic E-state index is -0.637. The molecule has 3 N–H and O–H groups in total. The maximum Gasteiger partial charge on any atom is 0.315 e. The highest BCUT2D eigenvalue weighted by atomic mass is 16.2. The Balaban J connectivity index is 0.00000243. The van der Waals surface area contributed by atoms with Crippen molar-refractivity contribution in [1.82, 2.24) is 20.9 Å². The predicted octanol–water partition coefficient (Wildman–Crippen LogP) is 0.903. The van der Waals surface area contributed by atoms with Crippen LogP contribution >= 0.6 is 0 Å². The van der Waals surface area contributed by atoms with E-state index in [2.05, 4.69) is 16.0 Å². The van der Waals surface area contributed by atoms with Gasteiger partial charge in [0.05, 0.1) is 0 Å². The molecule has 0 saturated carbocycles. The minimum absolute atomic E-state index is 0. The summed E-state index contributed by atoms with van der Waals surface area (Å²) < 4.78 is 0. The summed E-state index contributed by atoms with van der Waals surface area (Å²) in [5.41, 5.74) is 2.20. The third-order valence-electron chi connectivity index (χ3n) is 4.46. The second-order valence-corrected chi connectivity index (χ2v) is 6.06. The lowest BCUT2D eigenvalue weighted by Gasteiger charge is -2.29. The third-order valence-corrected chi connectivity index (χ3v) is 4.46. The lowest BCUT2D eigenvalue weighted by atomic mass is 10.0. The van der Waals surface area contributed by atoms with E-state index < -0.39 is 11.9 Å². The van der Waals surface area contributed by atoms with Crippen molar-refractivity contribution in [2.24, 2.45) is 0 Å². The van der Waals surface area contributed by atoms with E-state index in [1.54, 1.807) is 12.1 Å². The van der Waals surface area contributed by atoms with Gasteiger partial charge in [0.15, 0.2) is 0 Å². The zero-order valence-electron chi connectivity index (χ0n) is 13.9. The molecule has 1 atom stereocenters. The molecule has 8 nitrogen and oxygen atoms in total. The van der Waals surface area contributed by atoms with Crippen molar-refractivity contribution >= 4 is 23.8 Å². The van der Waals surface area contributed by atoms with Gasteiger partial charge in [-0.3, -0.25) is 19.7 Å². The van der Waals surface area contributed by atoms with E-state index >= 15 is 0 Å². The van der Waals surface area contributed by atoms with E-state index in [-0.39, 0.29) is 31.7 Å². The van der Waals surface area contributed by atoms with Crippen molar-refractivity contribution in [3.63, 3.8) is 0 Å². The zero-order chi connectivity index (χ0) is 18.0. The normalized spacial score (nSPS) is 18.7. The molecule has 8 heteroatoms. The van der Waals surface area contributed by atoms with Crippen LogP contribution in [0.2, 0.25) is 0 Å². The van der Waals surface area contributed by atoms with Crippen LogP contribution in [-0.2, 0) is 22.7 Å². The summed E-state index contributed by atoms with van der Waals surface area (Å²) in [6.07, 6.45) is 0.555. The van der Waals surface area contributed by atoms with Gasteiger partial charge in [-0.1, -0.05) is 19.6 Å². The smallest absolute Gasteiger partial charge is 0.315 e. The number of nitrogens with one attached hydrogen (secondary N) is 3. The fourth-order valence-corrected chi connectivity index (χ4v) is 3.21. The SMILES string of the molecule is C.CCNC(=O)NCc1cccc2c1CN(C1CCC(=O)NC1=O)C2=O. The van der Waals surface area contributed by atoms with Crippen LogP contribution in [0, 0.1) is 0 Å². The van der Waals surface area contributed by atoms with Gasteiger partial charge < -0.3 is 15.5 Å². The third kappa shape index (κ3) is 3.68. The lowest BCUT2D eigenvalue weighted by Crippen LogP contribution is -2.52. The molecule has 1 aromatic rings. The van der Waals surface area contributed by atoms with E-state index in [0.717, 1.165) is 11.1 Å². The first-order valence-corrected chi connectivity index (χ1v) is 8.28. The lowest BCUT2D eigenvalue weighted by molar-refractivity contribution is -0.136. The molecule has 1 fully saturated rings. The molecule has 5 amide bonds. The van der Waals surface area contributed by atoms with E-state index in [1.807, 2.05) is 13.0 Å². The summed E-state index contributed by atoms with van der Waals surface area (Å²) in [6, 6.07) is 4.43. The number of amides is 5. The number of nitrogens with zero attached hydrogens (tertiary/aromatic N) is 1. The van der Waals surface area contributed by atoms with Crippen molar-refractivity contribution < 1.29 is 19.2 Å². The highest BCUT2D eigenvalue weighted by Crippen LogP contribution is 2.29. The van der Waals surface area contributed by atoms with E-state index in [0.29, 0.717) is 31.6 Å². The summed E-state index contributed by atoms with van der Waals surface area (Å²) in [5, 5.41) is 7.69. The Kier molecular flexibility index (Phi) is 5.97. The molecule has 26 heavy (non-hydrogen) atoms. The predicted molar refractivity (Wildman–Crippen MR) is 95.1 cm³/mol. The Morgan fingerprint density at radius 3 is 2.73 bits per heavy atom. The Bertz CT molecular complexity index is 747. The molecule has 0 aromatic heterocycles. The van der Waals surface area contributed by atoms with Crippen molar-refractivity contribution in [3.8, 4) is 0 Å². The van der Waals surface area contributed by atoms with Crippen molar-refractivity contribution in [2.45, 2.75) is 46.3 Å². The maximum atomic E-state index is 12.7. The molecular formula is C18H24N4O4. The van der Waals surface area contributed by atoms with Gasteiger partial charge in [-0.15, -0.1) is 0 Å². The number of urea groups is 1. The fourth-order valence-electron chi connectivity index (χ4n) is 3.21. The summed E-state index contributed by atoms with van der Waals surface area (Å²) in [7, 11) is 0. The molecule has 2 heterocycles. The number of carbonyl (C=O) groups excluding carboxylic acids is 4. The number of hydrogen-bond donors (Lipinski definition) is 3. The molecule has 0 radical (unpaired) electrons. The van der Waals surface area contributed by atoms with Crippen LogP contribution < -0.4 is 16.0 Å². The monoisotopic (exact) mass is 360 g/mol. The molecule has 2 aliphatic heterocycles. The molecule has 0 aliphatic carbocycles. The number of rotatable bonds is 4. The second kappa shape index (κ2) is 7.99. The van der Waals surface area contributed by atoms with Gasteiger partial charge in [0.1, 0.15) is 6.04 Å². The Hall–Kier alpha value is -2.90. The molecular weight excluding hydrogens is 336 g/mol. The van der Waals surface area contributed by atoms with Crippen LogP contribution in [0.1, 0.15) is 48.7 Å². The second-order valence-electron chi connectivity index (χ2n) is 6.06. The molecule has 1 aromatic carbocycles. The summed E-state index contributed by atoms with van der Waals surface area (Å²) in [6.45, 7) is 2.95. The van der Waals surface area contributed by atoms with Gasteiger partial charge in [-0.05, 0) is 30.5 Å². The van der Waals surface area contributed by atoms with E-state index in [4.69, 9.17) is 0 Å². The molecule has 3 rings (SSSR count). The average Bonchev–Trinajstić information content (AvgIpc) is 2.91. The van der Waals surface area contributed by atoms with E-state index in [9.17, 15) is 19.2 Å². The zero-order valence-corrected chi connectivity index (χ0v) is 13.9. The van der Waals surface area contributed by atoms with Crippen LogP contribution in [-0.4, -0.2) is 41.2 Å². The Morgan fingerprint density at radius 2 is 2.04 bits per heavy atom. The van der Waals surface area contributed by atoms with Crippen LogP contribution in [0.25, 0.3) is 0 Å². The van der Waals surface area contributed by atoms with Crippen LogP contribution in [0.15, 0.2) is 18.2 Å². The summed E-state index contributed by atoms with van der Waals surface area (Å²) in [4.78, 5) is 49.1. The fraction of sp³-hybridized carbons (Fsp3) is 0.444. The maximum absolute atomic E-state index is 12.7. The van der Waals surface area contributed by atoms with Crippen molar-refractivity contribution in [2.75, 3.05) is 6.54 Å². The molecule has 0 spiro atoms. The van der Waals surface area contributed by atoms with Crippen LogP contribution in [0.4, 0.5) is 4.79 Å². The Morgan fingerprint density at radius 1 is 1.27 bits per heavy atom. The minimum Gasteiger partial charge on any atom is -0.338 e. The number of imide groups is 1. The van der Waals surface area contributed by atoms with Crippen LogP contribution in [0.3, 0.4) is 0 Å². The molecule has 140 valence electrons. The highest BCUT2D eigenvalue weighted by Gasteiger charge is 2.39. The number of hydrogen-bond acceptors (Lipinski definition) is 4. The van der Waals surface area contributed by atoms with Gasteiger partial charge in [0, 0.05) is 31.6 Å². The Labute approximate surface area is 152 Å². The first kappa shape index (κ1) is 19.4.